The molecule has 1 saturated heterocycles. The van der Waals surface area contributed by atoms with E-state index >= 15 is 0 Å². The van der Waals surface area contributed by atoms with E-state index in [-0.39, 0.29) is 0 Å². The van der Waals surface area contributed by atoms with Gasteiger partial charge in [0, 0.05) is 13.1 Å². The van der Waals surface area contributed by atoms with Crippen LogP contribution in [0.1, 0.15) is 45.4 Å². The van der Waals surface area contributed by atoms with E-state index in [0.717, 1.165) is 32.4 Å². The first kappa shape index (κ1) is 11.0. The molecule has 3 heteroatoms. The summed E-state index contributed by atoms with van der Waals surface area (Å²) in [6, 6.07) is 0. The lowest BCUT2D eigenvalue weighted by Crippen LogP contribution is -2.29. The highest BCUT2D eigenvalue weighted by Crippen LogP contribution is 2.12. The van der Waals surface area contributed by atoms with Crippen molar-refractivity contribution in [2.45, 2.75) is 51.7 Å². The molecule has 1 rings (SSSR count). The SMILES string of the molecule is CCCCCN1CCCCC(O)O1. The lowest BCUT2D eigenvalue weighted by Gasteiger charge is -2.21. The molecule has 0 aromatic heterocycles. The Kier molecular flexibility index (Phi) is 5.35. The van der Waals surface area contributed by atoms with Gasteiger partial charge in [-0.3, -0.25) is 4.84 Å². The third kappa shape index (κ3) is 4.60. The molecule has 1 unspecified atom stereocenters. The minimum atomic E-state index is -0.566. The normalized spacial score (nSPS) is 25.8. The van der Waals surface area contributed by atoms with Crippen LogP contribution in [0.2, 0.25) is 0 Å². The Morgan fingerprint density at radius 1 is 1.38 bits per heavy atom. The molecule has 1 N–H and O–H groups in total. The van der Waals surface area contributed by atoms with Gasteiger partial charge in [-0.2, -0.15) is 5.06 Å². The van der Waals surface area contributed by atoms with Gasteiger partial charge in [0.15, 0.2) is 6.29 Å². The summed E-state index contributed by atoms with van der Waals surface area (Å²) < 4.78 is 0. The van der Waals surface area contributed by atoms with Crippen LogP contribution >= 0.6 is 0 Å². The smallest absolute Gasteiger partial charge is 0.174 e. The van der Waals surface area contributed by atoms with Crippen LogP contribution in [-0.4, -0.2) is 29.5 Å². The largest absolute Gasteiger partial charge is 0.366 e. The van der Waals surface area contributed by atoms with Gasteiger partial charge in [0.05, 0.1) is 0 Å². The molecular weight excluding hydrogens is 166 g/mol. The lowest BCUT2D eigenvalue weighted by atomic mass is 10.2. The molecule has 0 radical (unpaired) electrons. The summed E-state index contributed by atoms with van der Waals surface area (Å²) in [5.41, 5.74) is 0. The van der Waals surface area contributed by atoms with E-state index < -0.39 is 6.29 Å². The molecule has 1 aliphatic rings. The predicted molar refractivity (Wildman–Crippen MR) is 52.0 cm³/mol. The van der Waals surface area contributed by atoms with E-state index in [1.165, 1.54) is 19.3 Å². The molecule has 0 amide bonds. The quantitative estimate of drug-likeness (QED) is 0.682. The molecule has 1 atom stereocenters. The molecule has 13 heavy (non-hydrogen) atoms. The molecule has 78 valence electrons. The van der Waals surface area contributed by atoms with E-state index in [2.05, 4.69) is 6.92 Å². The van der Waals surface area contributed by atoms with Crippen LogP contribution in [0.4, 0.5) is 0 Å². The summed E-state index contributed by atoms with van der Waals surface area (Å²) in [6.07, 6.45) is 6.08. The first-order valence-electron chi connectivity index (χ1n) is 5.42. The molecule has 0 aliphatic carbocycles. The second-order valence-corrected chi connectivity index (χ2v) is 3.69. The molecule has 0 saturated carbocycles. The Morgan fingerprint density at radius 2 is 2.23 bits per heavy atom. The zero-order valence-electron chi connectivity index (χ0n) is 8.54. The Labute approximate surface area is 80.6 Å². The Hall–Kier alpha value is -0.120. The van der Waals surface area contributed by atoms with Crippen LogP contribution in [0, 0.1) is 0 Å². The fourth-order valence-corrected chi connectivity index (χ4v) is 1.59. The number of aliphatic hydroxyl groups excluding tert-OH is 1. The van der Waals surface area contributed by atoms with E-state index in [4.69, 9.17) is 4.84 Å². The first-order chi connectivity index (χ1) is 6.33. The summed E-state index contributed by atoms with van der Waals surface area (Å²) >= 11 is 0. The maximum atomic E-state index is 9.35. The number of hydroxylamine groups is 2. The van der Waals surface area contributed by atoms with E-state index in [9.17, 15) is 5.11 Å². The fourth-order valence-electron chi connectivity index (χ4n) is 1.59. The number of unbranched alkanes of at least 4 members (excludes halogenated alkanes) is 2. The Bertz CT molecular complexity index is 130. The maximum Gasteiger partial charge on any atom is 0.174 e. The summed E-state index contributed by atoms with van der Waals surface area (Å²) in [5, 5.41) is 11.3. The fraction of sp³-hybridized carbons (Fsp3) is 1.00. The van der Waals surface area contributed by atoms with Gasteiger partial charge in [0.2, 0.25) is 0 Å². The van der Waals surface area contributed by atoms with Crippen molar-refractivity contribution in [2.24, 2.45) is 0 Å². The monoisotopic (exact) mass is 187 g/mol. The van der Waals surface area contributed by atoms with Crippen LogP contribution in [0.15, 0.2) is 0 Å². The molecule has 1 heterocycles. The average molecular weight is 187 g/mol. The number of aliphatic hydroxyl groups is 1. The van der Waals surface area contributed by atoms with E-state index in [1.807, 2.05) is 5.06 Å². The predicted octanol–water partition coefficient (Wildman–Crippen LogP) is 1.91. The van der Waals surface area contributed by atoms with Gasteiger partial charge >= 0.3 is 0 Å². The van der Waals surface area contributed by atoms with Crippen LogP contribution in [-0.2, 0) is 4.84 Å². The highest BCUT2D eigenvalue weighted by molar-refractivity contribution is 4.55. The highest BCUT2D eigenvalue weighted by atomic mass is 16.8. The van der Waals surface area contributed by atoms with Gasteiger partial charge in [-0.15, -0.1) is 0 Å². The van der Waals surface area contributed by atoms with Crippen molar-refractivity contribution in [1.29, 1.82) is 0 Å². The Balaban J connectivity index is 2.15. The summed E-state index contributed by atoms with van der Waals surface area (Å²) in [4.78, 5) is 5.35. The summed E-state index contributed by atoms with van der Waals surface area (Å²) in [6.45, 7) is 4.13. The lowest BCUT2D eigenvalue weighted by molar-refractivity contribution is -0.257. The standard InChI is InChI=1S/C10H21NO2/c1-2-3-5-8-11-9-6-4-7-10(12)13-11/h10,12H,2-9H2,1H3. The summed E-state index contributed by atoms with van der Waals surface area (Å²) in [5.74, 6) is 0. The molecule has 0 spiro atoms. The van der Waals surface area contributed by atoms with Crippen LogP contribution in [0.3, 0.4) is 0 Å². The molecule has 3 nitrogen and oxygen atoms in total. The van der Waals surface area contributed by atoms with Crippen molar-refractivity contribution in [3.05, 3.63) is 0 Å². The second-order valence-electron chi connectivity index (χ2n) is 3.69. The van der Waals surface area contributed by atoms with Crippen molar-refractivity contribution in [2.75, 3.05) is 13.1 Å². The molecule has 0 aromatic rings. The van der Waals surface area contributed by atoms with Crippen molar-refractivity contribution in [1.82, 2.24) is 5.06 Å². The van der Waals surface area contributed by atoms with Crippen LogP contribution in [0.25, 0.3) is 0 Å². The second kappa shape index (κ2) is 6.35. The van der Waals surface area contributed by atoms with Crippen molar-refractivity contribution < 1.29 is 9.94 Å². The van der Waals surface area contributed by atoms with E-state index in [0.29, 0.717) is 0 Å². The average Bonchev–Trinajstić information content (AvgIpc) is 2.31. The van der Waals surface area contributed by atoms with Crippen molar-refractivity contribution in [3.8, 4) is 0 Å². The van der Waals surface area contributed by atoms with E-state index in [1.54, 1.807) is 0 Å². The molecule has 1 aliphatic heterocycles. The maximum absolute atomic E-state index is 9.35. The number of nitrogens with zero attached hydrogens (tertiary/aromatic N) is 1. The minimum absolute atomic E-state index is 0.566. The first-order valence-corrected chi connectivity index (χ1v) is 5.42. The topological polar surface area (TPSA) is 32.7 Å². The molecule has 0 aromatic carbocycles. The van der Waals surface area contributed by atoms with Crippen LogP contribution < -0.4 is 0 Å². The highest BCUT2D eigenvalue weighted by Gasteiger charge is 2.15. The zero-order chi connectivity index (χ0) is 9.52. The molecular formula is C10H21NO2. The van der Waals surface area contributed by atoms with Crippen molar-refractivity contribution in [3.63, 3.8) is 0 Å². The van der Waals surface area contributed by atoms with Gasteiger partial charge in [-0.1, -0.05) is 19.8 Å². The minimum Gasteiger partial charge on any atom is -0.366 e. The molecule has 1 fully saturated rings. The van der Waals surface area contributed by atoms with Gasteiger partial charge in [0.25, 0.3) is 0 Å². The zero-order valence-corrected chi connectivity index (χ0v) is 8.54. The third-order valence-corrected chi connectivity index (χ3v) is 2.39. The van der Waals surface area contributed by atoms with Crippen molar-refractivity contribution >= 4 is 0 Å². The number of hydrogen-bond donors (Lipinski definition) is 1. The van der Waals surface area contributed by atoms with Gasteiger partial charge < -0.3 is 5.11 Å². The number of rotatable bonds is 4. The Morgan fingerprint density at radius 3 is 3.00 bits per heavy atom. The van der Waals surface area contributed by atoms with Gasteiger partial charge in [-0.25, -0.2) is 0 Å². The molecule has 0 bridgehead atoms. The van der Waals surface area contributed by atoms with Gasteiger partial charge in [-0.05, 0) is 25.7 Å². The number of hydrogen-bond acceptors (Lipinski definition) is 3. The van der Waals surface area contributed by atoms with Crippen LogP contribution in [0.5, 0.6) is 0 Å². The third-order valence-electron chi connectivity index (χ3n) is 2.39. The van der Waals surface area contributed by atoms with Gasteiger partial charge in [0.1, 0.15) is 0 Å². The summed E-state index contributed by atoms with van der Waals surface area (Å²) in [7, 11) is 0.